The second-order valence-electron chi connectivity index (χ2n) is 19.6. The Morgan fingerprint density at radius 1 is 0.313 bits per heavy atom. The van der Waals surface area contributed by atoms with Crippen LogP contribution >= 0.6 is 0 Å². The molecule has 0 amide bonds. The fourth-order valence-corrected chi connectivity index (χ4v) is 8.43. The molecule has 0 saturated carbocycles. The molecule has 0 fully saturated rings. The standard InChI is InChI=1S/C61H110O6/c1-4-7-10-13-16-19-22-25-27-29-30-32-33-36-39-42-45-48-51-54-60(63)66-57-58(56-65-59(62)53-50-47-44-41-38-35-24-21-18-15-12-9-6-3)67-61(64)55-52-49-46-43-40-37-34-31-28-26-23-20-17-14-11-8-5-2/h16,19,22,25,35,38,44,47,58H,4-15,17-18,20-21,23-24,26-34,36-37,39-43,45-46,48-57H2,1-3H3/b19-16-,25-22-,38-35-,47-44-. The summed E-state index contributed by atoms with van der Waals surface area (Å²) in [5.41, 5.74) is 0. The van der Waals surface area contributed by atoms with Crippen LogP contribution in [0.2, 0.25) is 0 Å². The van der Waals surface area contributed by atoms with Crippen LogP contribution in [-0.4, -0.2) is 37.2 Å². The van der Waals surface area contributed by atoms with Crippen molar-refractivity contribution in [1.29, 1.82) is 0 Å². The van der Waals surface area contributed by atoms with E-state index >= 15 is 0 Å². The molecular formula is C61H110O6. The second-order valence-corrected chi connectivity index (χ2v) is 19.6. The maximum atomic E-state index is 12.9. The van der Waals surface area contributed by atoms with E-state index in [4.69, 9.17) is 14.2 Å². The molecule has 6 heteroatoms. The molecule has 390 valence electrons. The van der Waals surface area contributed by atoms with E-state index in [2.05, 4.69) is 63.3 Å². The Labute approximate surface area is 416 Å². The Kier molecular flexibility index (Phi) is 53.8. The first kappa shape index (κ1) is 64.4. The average molecular weight is 940 g/mol. The largest absolute Gasteiger partial charge is 0.462 e. The molecule has 0 rings (SSSR count). The third-order valence-electron chi connectivity index (χ3n) is 12.8. The highest BCUT2D eigenvalue weighted by molar-refractivity contribution is 5.71. The molecule has 0 heterocycles. The highest BCUT2D eigenvalue weighted by Gasteiger charge is 2.19. The highest BCUT2D eigenvalue weighted by atomic mass is 16.6. The maximum Gasteiger partial charge on any atom is 0.306 e. The molecule has 0 aliphatic heterocycles. The summed E-state index contributed by atoms with van der Waals surface area (Å²) in [6, 6.07) is 0. The minimum atomic E-state index is -0.794. The van der Waals surface area contributed by atoms with Crippen molar-refractivity contribution in [3.05, 3.63) is 48.6 Å². The molecule has 0 bridgehead atoms. The number of carbonyl (C=O) groups excluding carboxylic acids is 3. The first-order chi connectivity index (χ1) is 33.0. The molecule has 1 atom stereocenters. The number of ether oxygens (including phenoxy) is 3. The van der Waals surface area contributed by atoms with Gasteiger partial charge in [0.25, 0.3) is 0 Å². The van der Waals surface area contributed by atoms with Crippen molar-refractivity contribution in [2.45, 2.75) is 309 Å². The summed E-state index contributed by atoms with van der Waals surface area (Å²) in [6.07, 6.45) is 68.3. The summed E-state index contributed by atoms with van der Waals surface area (Å²) in [5.74, 6) is -0.947. The fraction of sp³-hybridized carbons (Fsp3) is 0.820. The smallest absolute Gasteiger partial charge is 0.306 e. The minimum Gasteiger partial charge on any atom is -0.462 e. The number of hydrogen-bond donors (Lipinski definition) is 0. The summed E-state index contributed by atoms with van der Waals surface area (Å²) in [4.78, 5) is 38.1. The van der Waals surface area contributed by atoms with Gasteiger partial charge in [0.15, 0.2) is 6.10 Å². The molecule has 67 heavy (non-hydrogen) atoms. The Morgan fingerprint density at radius 3 is 1.03 bits per heavy atom. The minimum absolute atomic E-state index is 0.0889. The summed E-state index contributed by atoms with van der Waals surface area (Å²) >= 11 is 0. The molecule has 0 aliphatic carbocycles. The number of carbonyl (C=O) groups is 3. The summed E-state index contributed by atoms with van der Waals surface area (Å²) in [7, 11) is 0. The SMILES string of the molecule is CCCCC/C=C\C=C/CCCCCCCCCCCCC(=O)OCC(COC(=O)CC/C=C\C/C=C\CCCCCCCC)OC(=O)CCCCCCCCCCCCCCCCCCC. The Morgan fingerprint density at radius 2 is 0.612 bits per heavy atom. The molecule has 0 aromatic heterocycles. The zero-order valence-corrected chi connectivity index (χ0v) is 44.7. The molecule has 6 nitrogen and oxygen atoms in total. The Balaban J connectivity index is 4.37. The van der Waals surface area contributed by atoms with Crippen LogP contribution in [0.3, 0.4) is 0 Å². The van der Waals surface area contributed by atoms with Gasteiger partial charge in [-0.3, -0.25) is 14.4 Å². The normalized spacial score (nSPS) is 12.3. The fourth-order valence-electron chi connectivity index (χ4n) is 8.43. The van der Waals surface area contributed by atoms with Crippen molar-refractivity contribution in [2.24, 2.45) is 0 Å². The highest BCUT2D eigenvalue weighted by Crippen LogP contribution is 2.16. The molecule has 1 unspecified atom stereocenters. The zero-order valence-electron chi connectivity index (χ0n) is 44.7. The Hall–Kier alpha value is -2.63. The number of rotatable bonds is 53. The molecule has 0 radical (unpaired) electrons. The van der Waals surface area contributed by atoms with E-state index in [1.54, 1.807) is 0 Å². The first-order valence-electron chi connectivity index (χ1n) is 29.2. The van der Waals surface area contributed by atoms with Gasteiger partial charge in [-0.05, 0) is 64.2 Å². The molecule has 0 aliphatic rings. The van der Waals surface area contributed by atoms with Crippen LogP contribution in [0, 0.1) is 0 Å². The molecule has 0 N–H and O–H groups in total. The second kappa shape index (κ2) is 56.0. The van der Waals surface area contributed by atoms with Crippen LogP contribution in [0.15, 0.2) is 48.6 Å². The average Bonchev–Trinajstić information content (AvgIpc) is 3.33. The predicted octanol–water partition coefficient (Wildman–Crippen LogP) is 19.4. The van der Waals surface area contributed by atoms with E-state index < -0.39 is 6.10 Å². The number of unbranched alkanes of at least 4 members (excludes halogenated alkanes) is 35. The van der Waals surface area contributed by atoms with Gasteiger partial charge in [0.2, 0.25) is 0 Å². The molecule has 0 spiro atoms. The van der Waals surface area contributed by atoms with E-state index in [1.807, 2.05) is 6.08 Å². The third kappa shape index (κ3) is 54.2. The van der Waals surface area contributed by atoms with Crippen LogP contribution in [-0.2, 0) is 28.6 Å². The first-order valence-corrected chi connectivity index (χ1v) is 29.2. The third-order valence-corrected chi connectivity index (χ3v) is 12.8. The summed E-state index contributed by atoms with van der Waals surface area (Å²) < 4.78 is 16.8. The van der Waals surface area contributed by atoms with Crippen LogP contribution in [0.5, 0.6) is 0 Å². The van der Waals surface area contributed by atoms with Gasteiger partial charge in [-0.25, -0.2) is 0 Å². The van der Waals surface area contributed by atoms with Gasteiger partial charge in [0.1, 0.15) is 13.2 Å². The Bertz CT molecular complexity index is 1170. The monoisotopic (exact) mass is 939 g/mol. The molecular weight excluding hydrogens is 829 g/mol. The maximum absolute atomic E-state index is 12.9. The van der Waals surface area contributed by atoms with Gasteiger partial charge in [-0.15, -0.1) is 0 Å². The van der Waals surface area contributed by atoms with Gasteiger partial charge in [-0.1, -0.05) is 268 Å². The number of esters is 3. The lowest BCUT2D eigenvalue weighted by molar-refractivity contribution is -0.166. The van der Waals surface area contributed by atoms with Crippen LogP contribution in [0.1, 0.15) is 303 Å². The predicted molar refractivity (Wildman–Crippen MR) is 289 cm³/mol. The zero-order chi connectivity index (χ0) is 48.6. The van der Waals surface area contributed by atoms with Crippen molar-refractivity contribution in [1.82, 2.24) is 0 Å². The van der Waals surface area contributed by atoms with E-state index in [1.165, 1.54) is 205 Å². The summed E-state index contributed by atoms with van der Waals surface area (Å²) in [6.45, 7) is 6.59. The van der Waals surface area contributed by atoms with E-state index in [0.29, 0.717) is 19.3 Å². The van der Waals surface area contributed by atoms with E-state index in [9.17, 15) is 14.4 Å². The van der Waals surface area contributed by atoms with Crippen molar-refractivity contribution < 1.29 is 28.6 Å². The van der Waals surface area contributed by atoms with Crippen LogP contribution in [0.4, 0.5) is 0 Å². The lowest BCUT2D eigenvalue weighted by Gasteiger charge is -2.18. The number of allylic oxidation sites excluding steroid dienone is 8. The van der Waals surface area contributed by atoms with Crippen molar-refractivity contribution in [3.63, 3.8) is 0 Å². The van der Waals surface area contributed by atoms with Crippen molar-refractivity contribution in [2.75, 3.05) is 13.2 Å². The van der Waals surface area contributed by atoms with Gasteiger partial charge in [0.05, 0.1) is 0 Å². The summed E-state index contributed by atoms with van der Waals surface area (Å²) in [5, 5.41) is 0. The van der Waals surface area contributed by atoms with Gasteiger partial charge in [-0.2, -0.15) is 0 Å². The van der Waals surface area contributed by atoms with Crippen LogP contribution in [0.25, 0.3) is 0 Å². The molecule has 0 aromatic rings. The lowest BCUT2D eigenvalue weighted by Crippen LogP contribution is -2.30. The van der Waals surface area contributed by atoms with Gasteiger partial charge in [0, 0.05) is 19.3 Å². The van der Waals surface area contributed by atoms with E-state index in [-0.39, 0.29) is 37.5 Å². The van der Waals surface area contributed by atoms with Crippen molar-refractivity contribution in [3.8, 4) is 0 Å². The van der Waals surface area contributed by atoms with Gasteiger partial charge < -0.3 is 14.2 Å². The van der Waals surface area contributed by atoms with Crippen molar-refractivity contribution >= 4 is 17.9 Å². The number of hydrogen-bond acceptors (Lipinski definition) is 6. The van der Waals surface area contributed by atoms with Crippen LogP contribution < -0.4 is 0 Å². The van der Waals surface area contributed by atoms with E-state index in [0.717, 1.165) is 51.4 Å². The molecule has 0 saturated heterocycles. The quantitative estimate of drug-likeness (QED) is 0.0199. The lowest BCUT2D eigenvalue weighted by atomic mass is 10.0. The molecule has 0 aromatic carbocycles. The van der Waals surface area contributed by atoms with Gasteiger partial charge >= 0.3 is 17.9 Å². The topological polar surface area (TPSA) is 78.9 Å².